The fraction of sp³-hybridized carbons (Fsp3) is 0.211. The van der Waals surface area contributed by atoms with Crippen molar-refractivity contribution in [2.45, 2.75) is 24.8 Å². The average Bonchev–Trinajstić information content (AvgIpc) is 2.62. The summed E-state index contributed by atoms with van der Waals surface area (Å²) in [6.45, 7) is 3.73. The van der Waals surface area contributed by atoms with E-state index in [1.165, 1.54) is 4.68 Å². The number of thioether (sulfide) groups is 1. The standard InChI is InChI=1S/C19H19N3O2S/c1-12(2)22-19(24)16-7-5-4-6-15(16)17(21-22)18(23)20-13-8-10-14(25-3)11-9-13/h4-12H,1-3H3,(H,20,23). The second-order valence-electron chi connectivity index (χ2n) is 5.92. The van der Waals surface area contributed by atoms with Gasteiger partial charge in [-0.3, -0.25) is 9.59 Å². The van der Waals surface area contributed by atoms with Crippen molar-refractivity contribution in [1.82, 2.24) is 9.78 Å². The fourth-order valence-corrected chi connectivity index (χ4v) is 3.00. The molecule has 1 aromatic heterocycles. The molecule has 2 aromatic carbocycles. The Labute approximate surface area is 150 Å². The molecule has 0 atom stereocenters. The van der Waals surface area contributed by atoms with Crippen LogP contribution in [0.1, 0.15) is 30.4 Å². The normalized spacial score (nSPS) is 11.0. The first-order valence-corrected chi connectivity index (χ1v) is 9.20. The Kier molecular flexibility index (Phi) is 4.90. The molecule has 5 nitrogen and oxygen atoms in total. The quantitative estimate of drug-likeness (QED) is 0.721. The third-order valence-corrected chi connectivity index (χ3v) is 4.62. The van der Waals surface area contributed by atoms with Crippen LogP contribution in [0, 0.1) is 0 Å². The van der Waals surface area contributed by atoms with E-state index in [-0.39, 0.29) is 23.2 Å². The Balaban J connectivity index is 2.05. The van der Waals surface area contributed by atoms with E-state index in [1.807, 2.05) is 44.4 Å². The van der Waals surface area contributed by atoms with Crippen LogP contribution in [0.25, 0.3) is 10.8 Å². The molecule has 25 heavy (non-hydrogen) atoms. The lowest BCUT2D eigenvalue weighted by atomic mass is 10.1. The zero-order valence-corrected chi connectivity index (χ0v) is 15.1. The molecule has 0 aliphatic rings. The summed E-state index contributed by atoms with van der Waals surface area (Å²) in [6, 6.07) is 14.5. The van der Waals surface area contributed by atoms with Gasteiger partial charge in [-0.05, 0) is 50.4 Å². The van der Waals surface area contributed by atoms with Gasteiger partial charge in [0, 0.05) is 16.0 Å². The number of aromatic nitrogens is 2. The molecule has 1 N–H and O–H groups in total. The second kappa shape index (κ2) is 7.11. The highest BCUT2D eigenvalue weighted by Gasteiger charge is 2.17. The highest BCUT2D eigenvalue weighted by atomic mass is 32.2. The Morgan fingerprint density at radius 3 is 2.32 bits per heavy atom. The van der Waals surface area contributed by atoms with Crippen LogP contribution in [-0.2, 0) is 0 Å². The molecule has 0 bridgehead atoms. The van der Waals surface area contributed by atoms with Crippen molar-refractivity contribution >= 4 is 34.1 Å². The van der Waals surface area contributed by atoms with Gasteiger partial charge in [0.2, 0.25) is 0 Å². The molecule has 0 saturated heterocycles. The number of benzene rings is 2. The fourth-order valence-electron chi connectivity index (χ4n) is 2.59. The van der Waals surface area contributed by atoms with Gasteiger partial charge in [-0.2, -0.15) is 5.10 Å². The van der Waals surface area contributed by atoms with Crippen LogP contribution >= 0.6 is 11.8 Å². The Bertz CT molecular complexity index is 978. The summed E-state index contributed by atoms with van der Waals surface area (Å²) in [5.74, 6) is -0.331. The third kappa shape index (κ3) is 3.44. The van der Waals surface area contributed by atoms with Crippen molar-refractivity contribution in [3.05, 3.63) is 64.6 Å². The topological polar surface area (TPSA) is 64.0 Å². The number of nitrogens with zero attached hydrogens (tertiary/aromatic N) is 2. The van der Waals surface area contributed by atoms with E-state index in [0.717, 1.165) is 4.90 Å². The molecular weight excluding hydrogens is 334 g/mol. The molecule has 128 valence electrons. The summed E-state index contributed by atoms with van der Waals surface area (Å²) in [5.41, 5.74) is 0.750. The third-order valence-electron chi connectivity index (χ3n) is 3.88. The van der Waals surface area contributed by atoms with Crippen LogP contribution < -0.4 is 10.9 Å². The molecule has 3 aromatic rings. The molecule has 6 heteroatoms. The van der Waals surface area contributed by atoms with Crippen molar-refractivity contribution < 1.29 is 4.79 Å². The predicted octanol–water partition coefficient (Wildman–Crippen LogP) is 3.95. The van der Waals surface area contributed by atoms with Gasteiger partial charge in [0.15, 0.2) is 5.69 Å². The minimum absolute atomic E-state index is 0.135. The Morgan fingerprint density at radius 2 is 1.72 bits per heavy atom. The van der Waals surface area contributed by atoms with Crippen molar-refractivity contribution in [3.63, 3.8) is 0 Å². The summed E-state index contributed by atoms with van der Waals surface area (Å²) < 4.78 is 1.36. The number of rotatable bonds is 4. The van der Waals surface area contributed by atoms with Gasteiger partial charge in [0.25, 0.3) is 11.5 Å². The van der Waals surface area contributed by atoms with Crippen molar-refractivity contribution in [1.29, 1.82) is 0 Å². The first-order chi connectivity index (χ1) is 12.0. The molecular formula is C19H19N3O2S. The SMILES string of the molecule is CSc1ccc(NC(=O)c2nn(C(C)C)c(=O)c3ccccc23)cc1. The molecule has 0 fully saturated rings. The van der Waals surface area contributed by atoms with E-state index < -0.39 is 0 Å². The highest BCUT2D eigenvalue weighted by Crippen LogP contribution is 2.19. The van der Waals surface area contributed by atoms with Crippen molar-refractivity contribution in [2.24, 2.45) is 0 Å². The number of hydrogen-bond acceptors (Lipinski definition) is 4. The molecule has 0 saturated carbocycles. The molecule has 1 heterocycles. The van der Waals surface area contributed by atoms with Crippen molar-refractivity contribution in [2.75, 3.05) is 11.6 Å². The largest absolute Gasteiger partial charge is 0.321 e. The van der Waals surface area contributed by atoms with Gasteiger partial charge in [-0.1, -0.05) is 18.2 Å². The summed E-state index contributed by atoms with van der Waals surface area (Å²) in [4.78, 5) is 26.4. The lowest BCUT2D eigenvalue weighted by Gasteiger charge is -2.13. The zero-order valence-electron chi connectivity index (χ0n) is 14.3. The lowest BCUT2D eigenvalue weighted by Crippen LogP contribution is -2.28. The van der Waals surface area contributed by atoms with E-state index in [2.05, 4.69) is 10.4 Å². The second-order valence-corrected chi connectivity index (χ2v) is 6.80. The summed E-state index contributed by atoms with van der Waals surface area (Å²) in [5, 5.41) is 8.23. The van der Waals surface area contributed by atoms with Gasteiger partial charge in [0.05, 0.1) is 11.4 Å². The van der Waals surface area contributed by atoms with Crippen LogP contribution in [0.15, 0.2) is 58.2 Å². The van der Waals surface area contributed by atoms with Gasteiger partial charge in [-0.25, -0.2) is 4.68 Å². The molecule has 0 spiro atoms. The van der Waals surface area contributed by atoms with Crippen LogP contribution in [0.3, 0.4) is 0 Å². The van der Waals surface area contributed by atoms with E-state index in [9.17, 15) is 9.59 Å². The Morgan fingerprint density at radius 1 is 1.08 bits per heavy atom. The number of nitrogens with one attached hydrogen (secondary N) is 1. The van der Waals surface area contributed by atoms with Crippen LogP contribution in [0.2, 0.25) is 0 Å². The van der Waals surface area contributed by atoms with Gasteiger partial charge in [-0.15, -0.1) is 11.8 Å². The minimum Gasteiger partial charge on any atom is -0.321 e. The number of anilines is 1. The van der Waals surface area contributed by atoms with Crippen LogP contribution in [0.4, 0.5) is 5.69 Å². The van der Waals surface area contributed by atoms with Gasteiger partial charge < -0.3 is 5.32 Å². The summed E-state index contributed by atoms with van der Waals surface area (Å²) >= 11 is 1.64. The maximum absolute atomic E-state index is 12.8. The monoisotopic (exact) mass is 353 g/mol. The van der Waals surface area contributed by atoms with Crippen molar-refractivity contribution in [3.8, 4) is 0 Å². The lowest BCUT2D eigenvalue weighted by molar-refractivity contribution is 0.102. The average molecular weight is 353 g/mol. The maximum atomic E-state index is 12.8. The molecule has 0 unspecified atom stereocenters. The van der Waals surface area contributed by atoms with E-state index >= 15 is 0 Å². The van der Waals surface area contributed by atoms with E-state index in [1.54, 1.807) is 36.0 Å². The summed E-state index contributed by atoms with van der Waals surface area (Å²) in [6.07, 6.45) is 2.00. The molecule has 0 aliphatic carbocycles. The number of hydrogen-bond donors (Lipinski definition) is 1. The van der Waals surface area contributed by atoms with Gasteiger partial charge in [0.1, 0.15) is 0 Å². The first kappa shape index (κ1) is 17.2. The maximum Gasteiger partial charge on any atom is 0.276 e. The Hall–Kier alpha value is -2.60. The first-order valence-electron chi connectivity index (χ1n) is 7.98. The van der Waals surface area contributed by atoms with Gasteiger partial charge >= 0.3 is 0 Å². The zero-order chi connectivity index (χ0) is 18.0. The van der Waals surface area contributed by atoms with Crippen LogP contribution in [0.5, 0.6) is 0 Å². The predicted molar refractivity (Wildman–Crippen MR) is 103 cm³/mol. The molecule has 1 amide bonds. The smallest absolute Gasteiger partial charge is 0.276 e. The number of carbonyl (C=O) groups is 1. The number of amides is 1. The molecule has 0 radical (unpaired) electrons. The minimum atomic E-state index is -0.331. The molecule has 0 aliphatic heterocycles. The molecule has 3 rings (SSSR count). The highest BCUT2D eigenvalue weighted by molar-refractivity contribution is 7.98. The van der Waals surface area contributed by atoms with E-state index in [4.69, 9.17) is 0 Å². The van der Waals surface area contributed by atoms with E-state index in [0.29, 0.717) is 16.5 Å². The van der Waals surface area contributed by atoms with Crippen LogP contribution in [-0.4, -0.2) is 21.9 Å². The number of carbonyl (C=O) groups excluding carboxylic acids is 1. The number of fused-ring (bicyclic) bond motifs is 1. The summed E-state index contributed by atoms with van der Waals surface area (Å²) in [7, 11) is 0.